The summed E-state index contributed by atoms with van der Waals surface area (Å²) in [7, 11) is 1.72. The van der Waals surface area contributed by atoms with E-state index in [2.05, 4.69) is 21.9 Å². The Hall–Kier alpha value is -1.66. The molecule has 0 aliphatic rings. The third-order valence-corrected chi connectivity index (χ3v) is 5.62. The zero-order valence-corrected chi connectivity index (χ0v) is 15.5. The number of H-pyrrole nitrogens is 1. The summed E-state index contributed by atoms with van der Waals surface area (Å²) >= 11 is 3.49. The molecule has 0 spiro atoms. The highest BCUT2D eigenvalue weighted by molar-refractivity contribution is 7.99. The van der Waals surface area contributed by atoms with E-state index in [-0.39, 0.29) is 0 Å². The molecule has 0 radical (unpaired) electrons. The number of para-hydroxylation sites is 2. The number of hydrogen-bond donors (Lipinski definition) is 1. The number of ether oxygens (including phenoxy) is 1. The van der Waals surface area contributed by atoms with Crippen LogP contribution in [0.25, 0.3) is 11.0 Å². The summed E-state index contributed by atoms with van der Waals surface area (Å²) in [5, 5.41) is 0.907. The van der Waals surface area contributed by atoms with E-state index in [1.165, 1.54) is 17.7 Å². The van der Waals surface area contributed by atoms with Crippen LogP contribution >= 0.6 is 23.5 Å². The van der Waals surface area contributed by atoms with Gasteiger partial charge in [0.05, 0.1) is 28.7 Å². The quantitative estimate of drug-likeness (QED) is 0.445. The van der Waals surface area contributed by atoms with Crippen molar-refractivity contribution in [1.29, 1.82) is 0 Å². The standard InChI is InChI=1S/C18H21N3OS2/c1-3-4-11-23-16-9-10-19-15(17(16)22-2)12-24-18-20-13-7-5-6-8-14(13)21-18/h5-10H,3-4,11-12H2,1-2H3,(H,20,21). The number of nitrogens with zero attached hydrogens (tertiary/aromatic N) is 2. The minimum Gasteiger partial charge on any atom is -0.494 e. The number of fused-ring (bicyclic) bond motifs is 1. The van der Waals surface area contributed by atoms with Crippen LogP contribution in [0.15, 0.2) is 46.6 Å². The summed E-state index contributed by atoms with van der Waals surface area (Å²) in [6, 6.07) is 10.1. The molecule has 0 unspecified atom stereocenters. The molecule has 24 heavy (non-hydrogen) atoms. The molecule has 126 valence electrons. The van der Waals surface area contributed by atoms with E-state index in [0.29, 0.717) is 0 Å². The molecular weight excluding hydrogens is 338 g/mol. The van der Waals surface area contributed by atoms with E-state index < -0.39 is 0 Å². The lowest BCUT2D eigenvalue weighted by Crippen LogP contribution is -1.97. The number of benzene rings is 1. The average Bonchev–Trinajstić information content (AvgIpc) is 3.03. The van der Waals surface area contributed by atoms with E-state index in [1.807, 2.05) is 48.3 Å². The zero-order valence-electron chi connectivity index (χ0n) is 13.9. The smallest absolute Gasteiger partial charge is 0.166 e. The predicted octanol–water partition coefficient (Wildman–Crippen LogP) is 5.15. The number of unbranched alkanes of at least 4 members (excludes halogenated alkanes) is 1. The van der Waals surface area contributed by atoms with Gasteiger partial charge in [0.2, 0.25) is 0 Å². The Kier molecular flexibility index (Phi) is 6.04. The lowest BCUT2D eigenvalue weighted by molar-refractivity contribution is 0.398. The van der Waals surface area contributed by atoms with E-state index in [0.717, 1.165) is 39.1 Å². The van der Waals surface area contributed by atoms with Crippen molar-refractivity contribution in [3.05, 3.63) is 42.2 Å². The van der Waals surface area contributed by atoms with Crippen LogP contribution in [0.2, 0.25) is 0 Å². The third-order valence-electron chi connectivity index (χ3n) is 3.62. The first-order chi connectivity index (χ1) is 11.8. The Morgan fingerprint density at radius 3 is 2.83 bits per heavy atom. The summed E-state index contributed by atoms with van der Waals surface area (Å²) in [5.74, 6) is 2.72. The molecular formula is C18H21N3OS2. The molecule has 0 fully saturated rings. The molecule has 4 nitrogen and oxygen atoms in total. The van der Waals surface area contributed by atoms with Gasteiger partial charge < -0.3 is 9.72 Å². The van der Waals surface area contributed by atoms with Crippen molar-refractivity contribution in [3.8, 4) is 5.75 Å². The van der Waals surface area contributed by atoms with Gasteiger partial charge in [-0.1, -0.05) is 37.2 Å². The lowest BCUT2D eigenvalue weighted by Gasteiger charge is -2.11. The van der Waals surface area contributed by atoms with Gasteiger partial charge in [-0.05, 0) is 30.4 Å². The van der Waals surface area contributed by atoms with Gasteiger partial charge in [-0.15, -0.1) is 11.8 Å². The van der Waals surface area contributed by atoms with Gasteiger partial charge in [-0.2, -0.15) is 0 Å². The largest absolute Gasteiger partial charge is 0.494 e. The van der Waals surface area contributed by atoms with Gasteiger partial charge in [0.1, 0.15) is 0 Å². The van der Waals surface area contributed by atoms with Crippen molar-refractivity contribution in [2.75, 3.05) is 12.9 Å². The van der Waals surface area contributed by atoms with Crippen molar-refractivity contribution in [1.82, 2.24) is 15.0 Å². The van der Waals surface area contributed by atoms with E-state index in [4.69, 9.17) is 4.74 Å². The zero-order chi connectivity index (χ0) is 16.8. The molecule has 1 aromatic carbocycles. The molecule has 0 aliphatic heterocycles. The number of imidazole rings is 1. The van der Waals surface area contributed by atoms with Crippen molar-refractivity contribution in [2.45, 2.75) is 35.6 Å². The Labute approximate surface area is 150 Å². The fourth-order valence-electron chi connectivity index (χ4n) is 2.37. The van der Waals surface area contributed by atoms with Crippen molar-refractivity contribution in [2.24, 2.45) is 0 Å². The van der Waals surface area contributed by atoms with Gasteiger partial charge in [0.15, 0.2) is 10.9 Å². The molecule has 6 heteroatoms. The number of rotatable bonds is 8. The molecule has 0 atom stereocenters. The summed E-state index contributed by atoms with van der Waals surface area (Å²) in [4.78, 5) is 13.6. The monoisotopic (exact) mass is 359 g/mol. The molecule has 0 saturated heterocycles. The number of aromatic amines is 1. The first-order valence-corrected chi connectivity index (χ1v) is 10.0. The van der Waals surface area contributed by atoms with Gasteiger partial charge >= 0.3 is 0 Å². The second-order valence-electron chi connectivity index (χ2n) is 5.34. The number of hydrogen-bond acceptors (Lipinski definition) is 5. The van der Waals surface area contributed by atoms with Crippen LogP contribution in [0.5, 0.6) is 5.75 Å². The Bertz CT molecular complexity index is 771. The second kappa shape index (κ2) is 8.44. The number of thioether (sulfide) groups is 2. The van der Waals surface area contributed by atoms with E-state index in [1.54, 1.807) is 18.9 Å². The van der Waals surface area contributed by atoms with Crippen LogP contribution in [0, 0.1) is 0 Å². The van der Waals surface area contributed by atoms with Gasteiger partial charge in [-0.3, -0.25) is 4.98 Å². The maximum Gasteiger partial charge on any atom is 0.166 e. The maximum absolute atomic E-state index is 5.63. The molecule has 1 N–H and O–H groups in total. The van der Waals surface area contributed by atoms with Gasteiger partial charge in [0.25, 0.3) is 0 Å². The van der Waals surface area contributed by atoms with Crippen molar-refractivity contribution < 1.29 is 4.74 Å². The minimum absolute atomic E-state index is 0.727. The van der Waals surface area contributed by atoms with E-state index >= 15 is 0 Å². The number of aromatic nitrogens is 3. The Balaban J connectivity index is 1.72. The van der Waals surface area contributed by atoms with Crippen LogP contribution in [0.1, 0.15) is 25.5 Å². The number of methoxy groups -OCH3 is 1. The summed E-state index contributed by atoms with van der Waals surface area (Å²) < 4.78 is 5.63. The highest BCUT2D eigenvalue weighted by atomic mass is 32.2. The van der Waals surface area contributed by atoms with Crippen LogP contribution in [0.4, 0.5) is 0 Å². The molecule has 3 rings (SSSR count). The predicted molar refractivity (Wildman–Crippen MR) is 102 cm³/mol. The highest BCUT2D eigenvalue weighted by Gasteiger charge is 2.12. The molecule has 0 saturated carbocycles. The van der Waals surface area contributed by atoms with Crippen molar-refractivity contribution >= 4 is 34.6 Å². The summed E-state index contributed by atoms with van der Waals surface area (Å²) in [5.41, 5.74) is 3.01. The molecule has 0 aliphatic carbocycles. The fourth-order valence-corrected chi connectivity index (χ4v) is 4.33. The molecule has 3 aromatic rings. The molecule has 2 heterocycles. The normalized spacial score (nSPS) is 11.1. The van der Waals surface area contributed by atoms with Crippen LogP contribution in [0.3, 0.4) is 0 Å². The molecule has 0 amide bonds. The van der Waals surface area contributed by atoms with E-state index in [9.17, 15) is 0 Å². The minimum atomic E-state index is 0.727. The maximum atomic E-state index is 5.63. The van der Waals surface area contributed by atoms with Crippen molar-refractivity contribution in [3.63, 3.8) is 0 Å². The average molecular weight is 360 g/mol. The third kappa shape index (κ3) is 4.05. The fraction of sp³-hybridized carbons (Fsp3) is 0.333. The lowest BCUT2D eigenvalue weighted by atomic mass is 10.3. The first-order valence-electron chi connectivity index (χ1n) is 8.04. The molecule has 0 bridgehead atoms. The first kappa shape index (κ1) is 17.2. The van der Waals surface area contributed by atoms with Crippen LogP contribution < -0.4 is 4.74 Å². The van der Waals surface area contributed by atoms with Crippen LogP contribution in [-0.2, 0) is 5.75 Å². The number of pyridine rings is 1. The van der Waals surface area contributed by atoms with Gasteiger partial charge in [-0.25, -0.2) is 4.98 Å². The van der Waals surface area contributed by atoms with Crippen LogP contribution in [-0.4, -0.2) is 27.8 Å². The highest BCUT2D eigenvalue weighted by Crippen LogP contribution is 2.34. The Morgan fingerprint density at radius 2 is 2.04 bits per heavy atom. The number of nitrogens with one attached hydrogen (secondary N) is 1. The SMILES string of the molecule is CCCCSc1ccnc(CSc2nc3ccccc3[nH]2)c1OC. The summed E-state index contributed by atoms with van der Waals surface area (Å²) in [6.45, 7) is 2.21. The topological polar surface area (TPSA) is 50.8 Å². The second-order valence-corrected chi connectivity index (χ2v) is 7.44. The molecule has 2 aromatic heterocycles. The summed E-state index contributed by atoms with van der Waals surface area (Å²) in [6.07, 6.45) is 4.28. The van der Waals surface area contributed by atoms with Gasteiger partial charge in [0, 0.05) is 11.9 Å². The Morgan fingerprint density at radius 1 is 1.17 bits per heavy atom.